The smallest absolute Gasteiger partial charge is 0.191 e. The lowest BCUT2D eigenvalue weighted by atomic mass is 10.2. The third kappa shape index (κ3) is 4.44. The highest BCUT2D eigenvalue weighted by Gasteiger charge is 2.07. The van der Waals surface area contributed by atoms with Crippen LogP contribution in [0.3, 0.4) is 0 Å². The molecule has 1 aromatic rings. The van der Waals surface area contributed by atoms with E-state index in [0.29, 0.717) is 5.96 Å². The van der Waals surface area contributed by atoms with Crippen molar-refractivity contribution in [3.8, 4) is 0 Å². The van der Waals surface area contributed by atoms with Crippen LogP contribution in [0.25, 0.3) is 0 Å². The maximum atomic E-state index is 5.99. The molecule has 0 amide bonds. The van der Waals surface area contributed by atoms with Crippen LogP contribution >= 0.6 is 0 Å². The van der Waals surface area contributed by atoms with Crippen LogP contribution in [0.1, 0.15) is 26.3 Å². The molecule has 0 aliphatic rings. The number of aryl methyl sites for hydroxylation is 1. The molecule has 0 radical (unpaired) electrons. The van der Waals surface area contributed by atoms with Crippen molar-refractivity contribution >= 4 is 11.6 Å². The van der Waals surface area contributed by atoms with Crippen molar-refractivity contribution in [2.45, 2.75) is 27.7 Å². The monoisotopic (exact) mass is 276 g/mol. The molecule has 0 aliphatic heterocycles. The second-order valence-electron chi connectivity index (χ2n) is 4.78. The molecule has 0 aromatic heterocycles. The Morgan fingerprint density at radius 2 is 1.75 bits per heavy atom. The second kappa shape index (κ2) is 8.46. The van der Waals surface area contributed by atoms with Gasteiger partial charge in [-0.3, -0.25) is 4.99 Å². The first-order valence-corrected chi connectivity index (χ1v) is 7.49. The zero-order valence-electron chi connectivity index (χ0n) is 13.3. The van der Waals surface area contributed by atoms with E-state index in [9.17, 15) is 0 Å². The van der Waals surface area contributed by atoms with E-state index in [-0.39, 0.29) is 0 Å². The number of benzene rings is 1. The average Bonchev–Trinajstić information content (AvgIpc) is 2.46. The van der Waals surface area contributed by atoms with Crippen LogP contribution in [0.5, 0.6) is 0 Å². The van der Waals surface area contributed by atoms with Gasteiger partial charge in [0.1, 0.15) is 0 Å². The number of aliphatic imine (C=N–C) groups is 1. The van der Waals surface area contributed by atoms with Crippen LogP contribution in [0.15, 0.2) is 29.3 Å². The third-order valence-corrected chi connectivity index (χ3v) is 3.57. The molecule has 20 heavy (non-hydrogen) atoms. The van der Waals surface area contributed by atoms with Crippen molar-refractivity contribution in [2.24, 2.45) is 10.7 Å². The fourth-order valence-corrected chi connectivity index (χ4v) is 2.30. The minimum absolute atomic E-state index is 0.649. The van der Waals surface area contributed by atoms with Gasteiger partial charge in [-0.25, -0.2) is 0 Å². The van der Waals surface area contributed by atoms with Gasteiger partial charge in [-0.2, -0.15) is 0 Å². The van der Waals surface area contributed by atoms with Gasteiger partial charge in [-0.15, -0.1) is 0 Å². The lowest BCUT2D eigenvalue weighted by molar-refractivity contribution is 0.458. The molecule has 1 aromatic carbocycles. The number of para-hydroxylation sites is 1. The zero-order valence-corrected chi connectivity index (χ0v) is 13.3. The summed E-state index contributed by atoms with van der Waals surface area (Å²) in [6.45, 7) is 12.9. The van der Waals surface area contributed by atoms with E-state index in [0.717, 1.165) is 32.7 Å². The van der Waals surface area contributed by atoms with Crippen molar-refractivity contribution in [3.05, 3.63) is 29.8 Å². The Hall–Kier alpha value is -1.71. The Morgan fingerprint density at radius 3 is 2.30 bits per heavy atom. The number of guanidine groups is 1. The summed E-state index contributed by atoms with van der Waals surface area (Å²) >= 11 is 0. The highest BCUT2D eigenvalue weighted by Crippen LogP contribution is 2.18. The van der Waals surface area contributed by atoms with Crippen molar-refractivity contribution in [1.82, 2.24) is 4.90 Å². The number of hydrogen-bond acceptors (Lipinski definition) is 2. The maximum Gasteiger partial charge on any atom is 0.191 e. The van der Waals surface area contributed by atoms with Crippen LogP contribution in [-0.4, -0.2) is 43.6 Å². The van der Waals surface area contributed by atoms with Gasteiger partial charge in [-0.05, 0) is 39.3 Å². The maximum absolute atomic E-state index is 5.99. The van der Waals surface area contributed by atoms with Crippen molar-refractivity contribution < 1.29 is 0 Å². The largest absolute Gasteiger partial charge is 0.370 e. The number of rotatable bonds is 7. The van der Waals surface area contributed by atoms with Crippen molar-refractivity contribution in [2.75, 3.05) is 37.6 Å². The molecule has 4 nitrogen and oxygen atoms in total. The summed E-state index contributed by atoms with van der Waals surface area (Å²) in [7, 11) is 0. The second-order valence-corrected chi connectivity index (χ2v) is 4.78. The zero-order chi connectivity index (χ0) is 15.0. The fraction of sp³-hybridized carbons (Fsp3) is 0.562. The van der Waals surface area contributed by atoms with Crippen molar-refractivity contribution in [1.29, 1.82) is 0 Å². The van der Waals surface area contributed by atoms with E-state index in [1.807, 2.05) is 0 Å². The van der Waals surface area contributed by atoms with Crippen LogP contribution in [0.2, 0.25) is 0 Å². The molecule has 2 N–H and O–H groups in total. The Kier molecular flexibility index (Phi) is 6.91. The van der Waals surface area contributed by atoms with Gasteiger partial charge in [0.25, 0.3) is 0 Å². The molecule has 0 fully saturated rings. The molecule has 0 unspecified atom stereocenters. The molecular weight excluding hydrogens is 248 g/mol. The van der Waals surface area contributed by atoms with Crippen LogP contribution in [0, 0.1) is 6.92 Å². The van der Waals surface area contributed by atoms with E-state index in [1.54, 1.807) is 0 Å². The van der Waals surface area contributed by atoms with Crippen LogP contribution < -0.4 is 10.6 Å². The minimum Gasteiger partial charge on any atom is -0.370 e. The standard InChI is InChI=1S/C16H28N4/c1-5-19(6-2)16(17)18-12-13-20(7-3)15-11-9-8-10-14(15)4/h8-11H,5-7,12-13H2,1-4H3,(H2,17,18). The Labute approximate surface area is 123 Å². The van der Waals surface area contributed by atoms with Gasteiger partial charge >= 0.3 is 0 Å². The first-order chi connectivity index (χ1) is 9.63. The molecule has 0 aliphatic carbocycles. The SMILES string of the molecule is CCN(CC)C(N)=NCCN(CC)c1ccccc1C. The quantitative estimate of drug-likeness (QED) is 0.614. The fourth-order valence-electron chi connectivity index (χ4n) is 2.30. The first-order valence-electron chi connectivity index (χ1n) is 7.49. The van der Waals surface area contributed by atoms with Crippen LogP contribution in [0.4, 0.5) is 5.69 Å². The number of nitrogens with two attached hydrogens (primary N) is 1. The molecule has 0 bridgehead atoms. The van der Waals surface area contributed by atoms with E-state index in [1.165, 1.54) is 11.3 Å². The van der Waals surface area contributed by atoms with Gasteiger partial charge in [0.15, 0.2) is 5.96 Å². The molecule has 0 atom stereocenters. The molecule has 0 spiro atoms. The summed E-state index contributed by atoms with van der Waals surface area (Å²) in [5.41, 5.74) is 8.58. The summed E-state index contributed by atoms with van der Waals surface area (Å²) in [4.78, 5) is 8.90. The predicted octanol–water partition coefficient (Wildman–Crippen LogP) is 2.48. The summed E-state index contributed by atoms with van der Waals surface area (Å²) in [6, 6.07) is 8.46. The summed E-state index contributed by atoms with van der Waals surface area (Å²) in [6.07, 6.45) is 0. The normalized spacial score (nSPS) is 11.5. The Bertz CT molecular complexity index is 424. The van der Waals surface area contributed by atoms with E-state index in [4.69, 9.17) is 5.73 Å². The average molecular weight is 276 g/mol. The number of anilines is 1. The number of hydrogen-bond donors (Lipinski definition) is 1. The highest BCUT2D eigenvalue weighted by molar-refractivity contribution is 5.78. The lowest BCUT2D eigenvalue weighted by Crippen LogP contribution is -2.37. The van der Waals surface area contributed by atoms with Crippen molar-refractivity contribution in [3.63, 3.8) is 0 Å². The van der Waals surface area contributed by atoms with E-state index >= 15 is 0 Å². The molecule has 0 saturated carbocycles. The predicted molar refractivity (Wildman–Crippen MR) is 88.5 cm³/mol. The molecule has 0 heterocycles. The van der Waals surface area contributed by atoms with Crippen LogP contribution in [-0.2, 0) is 0 Å². The topological polar surface area (TPSA) is 44.9 Å². The lowest BCUT2D eigenvalue weighted by Gasteiger charge is -2.25. The van der Waals surface area contributed by atoms with E-state index in [2.05, 4.69) is 66.8 Å². The molecule has 1 rings (SSSR count). The first kappa shape index (κ1) is 16.3. The minimum atomic E-state index is 0.649. The van der Waals surface area contributed by atoms with E-state index < -0.39 is 0 Å². The molecule has 0 saturated heterocycles. The van der Waals surface area contributed by atoms with Gasteiger partial charge < -0.3 is 15.5 Å². The molecule has 4 heteroatoms. The Morgan fingerprint density at radius 1 is 1.10 bits per heavy atom. The Balaban J connectivity index is 2.63. The van der Waals surface area contributed by atoms with Gasteiger partial charge in [0.2, 0.25) is 0 Å². The summed E-state index contributed by atoms with van der Waals surface area (Å²) in [5, 5.41) is 0. The molecule has 112 valence electrons. The van der Waals surface area contributed by atoms with Gasteiger partial charge in [0.05, 0.1) is 6.54 Å². The number of nitrogens with zero attached hydrogens (tertiary/aromatic N) is 3. The number of likely N-dealkylation sites (N-methyl/N-ethyl adjacent to an activating group) is 1. The highest BCUT2D eigenvalue weighted by atomic mass is 15.2. The third-order valence-electron chi connectivity index (χ3n) is 3.57. The van der Waals surface area contributed by atoms with Gasteiger partial charge in [0, 0.05) is 31.9 Å². The van der Waals surface area contributed by atoms with Gasteiger partial charge in [-0.1, -0.05) is 18.2 Å². The summed E-state index contributed by atoms with van der Waals surface area (Å²) in [5.74, 6) is 0.649. The summed E-state index contributed by atoms with van der Waals surface area (Å²) < 4.78 is 0. The molecular formula is C16H28N4.